The van der Waals surface area contributed by atoms with Crippen LogP contribution in [-0.4, -0.2) is 15.7 Å². The number of carbonyl (C=O) groups is 1. The SMILES string of the molecule is C[C@H](NC(=O)c1ccc(-n2cccn2)cc1)c1ccco1. The molecule has 3 aromatic rings. The molecule has 2 heterocycles. The van der Waals surface area contributed by atoms with Gasteiger partial charge in [-0.3, -0.25) is 4.79 Å². The minimum atomic E-state index is -0.168. The normalized spacial score (nSPS) is 12.0. The van der Waals surface area contributed by atoms with E-state index < -0.39 is 0 Å². The Morgan fingerprint density at radius 2 is 2.05 bits per heavy atom. The first-order valence-corrected chi connectivity index (χ1v) is 6.68. The Hall–Kier alpha value is -2.82. The van der Waals surface area contributed by atoms with Crippen molar-refractivity contribution in [3.05, 3.63) is 72.4 Å². The van der Waals surface area contributed by atoms with Gasteiger partial charge in [0.05, 0.1) is 18.0 Å². The van der Waals surface area contributed by atoms with Crippen LogP contribution >= 0.6 is 0 Å². The molecule has 1 atom stereocenters. The van der Waals surface area contributed by atoms with Gasteiger partial charge in [-0.05, 0) is 49.4 Å². The minimum Gasteiger partial charge on any atom is -0.467 e. The zero-order valence-corrected chi connectivity index (χ0v) is 11.6. The van der Waals surface area contributed by atoms with E-state index in [4.69, 9.17) is 4.42 Å². The molecule has 0 fully saturated rings. The van der Waals surface area contributed by atoms with E-state index in [0.717, 1.165) is 11.4 Å². The van der Waals surface area contributed by atoms with Gasteiger partial charge < -0.3 is 9.73 Å². The molecule has 1 amide bonds. The lowest BCUT2D eigenvalue weighted by Gasteiger charge is -2.11. The maximum Gasteiger partial charge on any atom is 0.251 e. The van der Waals surface area contributed by atoms with E-state index in [0.29, 0.717) is 5.56 Å². The van der Waals surface area contributed by atoms with Crippen LogP contribution in [0.25, 0.3) is 5.69 Å². The molecule has 0 unspecified atom stereocenters. The second-order valence-electron chi connectivity index (χ2n) is 4.71. The molecule has 0 aliphatic heterocycles. The van der Waals surface area contributed by atoms with Crippen LogP contribution in [0.1, 0.15) is 29.1 Å². The van der Waals surface area contributed by atoms with Crippen LogP contribution in [-0.2, 0) is 0 Å². The van der Waals surface area contributed by atoms with Crippen LogP contribution in [0.3, 0.4) is 0 Å². The van der Waals surface area contributed by atoms with Gasteiger partial charge in [0.1, 0.15) is 5.76 Å². The second kappa shape index (κ2) is 5.66. The predicted molar refractivity (Wildman–Crippen MR) is 78.2 cm³/mol. The zero-order valence-electron chi connectivity index (χ0n) is 11.6. The first kappa shape index (κ1) is 13.2. The molecule has 0 bridgehead atoms. The molecule has 0 spiro atoms. The van der Waals surface area contributed by atoms with Crippen LogP contribution in [0.2, 0.25) is 0 Å². The second-order valence-corrected chi connectivity index (χ2v) is 4.71. The number of benzene rings is 1. The molecule has 5 nitrogen and oxygen atoms in total. The number of nitrogens with one attached hydrogen (secondary N) is 1. The van der Waals surface area contributed by atoms with E-state index in [1.54, 1.807) is 35.3 Å². The van der Waals surface area contributed by atoms with Crippen molar-refractivity contribution < 1.29 is 9.21 Å². The fourth-order valence-electron chi connectivity index (χ4n) is 2.08. The fraction of sp³-hybridized carbons (Fsp3) is 0.125. The van der Waals surface area contributed by atoms with E-state index >= 15 is 0 Å². The van der Waals surface area contributed by atoms with E-state index in [-0.39, 0.29) is 11.9 Å². The van der Waals surface area contributed by atoms with Gasteiger partial charge in [-0.25, -0.2) is 4.68 Å². The Balaban J connectivity index is 1.70. The minimum absolute atomic E-state index is 0.133. The highest BCUT2D eigenvalue weighted by Gasteiger charge is 2.13. The summed E-state index contributed by atoms with van der Waals surface area (Å²) in [5.74, 6) is 0.599. The molecule has 0 aliphatic rings. The lowest BCUT2D eigenvalue weighted by Crippen LogP contribution is -2.26. The molecule has 2 aromatic heterocycles. The number of furan rings is 1. The van der Waals surface area contributed by atoms with Crippen molar-refractivity contribution in [3.8, 4) is 5.69 Å². The third-order valence-corrected chi connectivity index (χ3v) is 3.22. The highest BCUT2D eigenvalue weighted by molar-refractivity contribution is 5.94. The molecule has 0 saturated carbocycles. The number of aromatic nitrogens is 2. The van der Waals surface area contributed by atoms with Crippen molar-refractivity contribution in [1.29, 1.82) is 0 Å². The van der Waals surface area contributed by atoms with E-state index in [1.165, 1.54) is 0 Å². The van der Waals surface area contributed by atoms with E-state index in [2.05, 4.69) is 10.4 Å². The molecule has 21 heavy (non-hydrogen) atoms. The summed E-state index contributed by atoms with van der Waals surface area (Å²) >= 11 is 0. The molecular formula is C16H15N3O2. The van der Waals surface area contributed by atoms with Crippen LogP contribution < -0.4 is 5.32 Å². The first-order chi connectivity index (χ1) is 10.2. The average Bonchev–Trinajstić information content (AvgIpc) is 3.20. The van der Waals surface area contributed by atoms with Gasteiger partial charge in [-0.1, -0.05) is 0 Å². The molecule has 3 rings (SSSR count). The van der Waals surface area contributed by atoms with E-state index in [9.17, 15) is 4.79 Å². The Kier molecular flexibility index (Phi) is 3.55. The van der Waals surface area contributed by atoms with Gasteiger partial charge >= 0.3 is 0 Å². The molecule has 5 heteroatoms. The standard InChI is InChI=1S/C16H15N3O2/c1-12(15-4-2-11-21-15)18-16(20)13-5-7-14(8-6-13)19-10-3-9-17-19/h2-12H,1H3,(H,18,20)/t12-/m0/s1. The molecule has 0 aliphatic carbocycles. The molecule has 1 aromatic carbocycles. The maximum absolute atomic E-state index is 12.2. The van der Waals surface area contributed by atoms with Crippen LogP contribution in [0, 0.1) is 0 Å². The van der Waals surface area contributed by atoms with Gasteiger partial charge in [0.15, 0.2) is 0 Å². The maximum atomic E-state index is 12.2. The van der Waals surface area contributed by atoms with E-state index in [1.807, 2.05) is 37.4 Å². The molecule has 106 valence electrons. The van der Waals surface area contributed by atoms with Crippen molar-refractivity contribution in [1.82, 2.24) is 15.1 Å². The zero-order chi connectivity index (χ0) is 14.7. The van der Waals surface area contributed by atoms with Gasteiger partial charge in [0.25, 0.3) is 5.91 Å². The number of carbonyl (C=O) groups excluding carboxylic acids is 1. The number of rotatable bonds is 4. The third-order valence-electron chi connectivity index (χ3n) is 3.22. The van der Waals surface area contributed by atoms with Crippen molar-refractivity contribution >= 4 is 5.91 Å². The van der Waals surface area contributed by atoms with Crippen molar-refractivity contribution in [2.75, 3.05) is 0 Å². The Labute approximate surface area is 122 Å². The number of amides is 1. The summed E-state index contributed by atoms with van der Waals surface area (Å²) in [5, 5.41) is 7.04. The molecule has 0 saturated heterocycles. The van der Waals surface area contributed by atoms with Crippen LogP contribution in [0.5, 0.6) is 0 Å². The van der Waals surface area contributed by atoms with Crippen molar-refractivity contribution in [2.45, 2.75) is 13.0 Å². The van der Waals surface area contributed by atoms with Crippen molar-refractivity contribution in [2.24, 2.45) is 0 Å². The summed E-state index contributed by atoms with van der Waals surface area (Å²) < 4.78 is 7.02. The summed E-state index contributed by atoms with van der Waals surface area (Å²) in [6.45, 7) is 1.88. The number of hydrogen-bond acceptors (Lipinski definition) is 3. The summed E-state index contributed by atoms with van der Waals surface area (Å²) in [5.41, 5.74) is 1.51. The summed E-state index contributed by atoms with van der Waals surface area (Å²) in [6.07, 6.45) is 5.16. The Morgan fingerprint density at radius 1 is 1.24 bits per heavy atom. The van der Waals surface area contributed by atoms with Gasteiger partial charge in [-0.15, -0.1) is 0 Å². The molecular weight excluding hydrogens is 266 g/mol. The highest BCUT2D eigenvalue weighted by Crippen LogP contribution is 2.14. The monoisotopic (exact) mass is 281 g/mol. The summed E-state index contributed by atoms with van der Waals surface area (Å²) in [4.78, 5) is 12.2. The quantitative estimate of drug-likeness (QED) is 0.799. The lowest BCUT2D eigenvalue weighted by molar-refractivity contribution is 0.0935. The summed E-state index contributed by atoms with van der Waals surface area (Å²) in [6, 6.07) is 12.6. The smallest absolute Gasteiger partial charge is 0.251 e. The van der Waals surface area contributed by atoms with Crippen LogP contribution in [0.15, 0.2) is 65.5 Å². The predicted octanol–water partition coefficient (Wildman–Crippen LogP) is 2.96. The number of nitrogens with zero attached hydrogens (tertiary/aromatic N) is 2. The van der Waals surface area contributed by atoms with Crippen LogP contribution in [0.4, 0.5) is 0 Å². The van der Waals surface area contributed by atoms with Gasteiger partial charge in [0.2, 0.25) is 0 Å². The highest BCUT2D eigenvalue weighted by atomic mass is 16.3. The fourth-order valence-corrected chi connectivity index (χ4v) is 2.08. The third kappa shape index (κ3) is 2.86. The largest absolute Gasteiger partial charge is 0.467 e. The topological polar surface area (TPSA) is 60.1 Å². The van der Waals surface area contributed by atoms with Gasteiger partial charge in [-0.2, -0.15) is 5.10 Å². The van der Waals surface area contributed by atoms with Crippen molar-refractivity contribution in [3.63, 3.8) is 0 Å². The lowest BCUT2D eigenvalue weighted by atomic mass is 10.1. The Bertz CT molecular complexity index is 701. The molecule has 0 radical (unpaired) electrons. The summed E-state index contributed by atoms with van der Waals surface area (Å²) in [7, 11) is 0. The van der Waals surface area contributed by atoms with Gasteiger partial charge in [0, 0.05) is 18.0 Å². The molecule has 1 N–H and O–H groups in total. The first-order valence-electron chi connectivity index (χ1n) is 6.68. The Morgan fingerprint density at radius 3 is 2.67 bits per heavy atom. The average molecular weight is 281 g/mol. The number of hydrogen-bond donors (Lipinski definition) is 1.